The van der Waals surface area contributed by atoms with E-state index in [0.717, 1.165) is 11.1 Å². The molecule has 2 N–H and O–H groups in total. The number of aliphatic hydroxyl groups is 1. The first-order chi connectivity index (χ1) is 12.1. The first-order valence-corrected chi connectivity index (χ1v) is 8.50. The highest BCUT2D eigenvalue weighted by molar-refractivity contribution is 5.84. The molecule has 0 spiro atoms. The van der Waals surface area contributed by atoms with Crippen LogP contribution in [0, 0.1) is 6.92 Å². The lowest BCUT2D eigenvalue weighted by atomic mass is 10.1. The SMILES string of the molecule is Cc1ccc2c(CCC(=O)N3C[C@@H](O)[C@H](n4ccnn4)C3)c[nH]c2c1. The van der Waals surface area contributed by atoms with E-state index in [1.807, 2.05) is 6.20 Å². The molecule has 3 heterocycles. The van der Waals surface area contributed by atoms with Gasteiger partial charge in [-0.1, -0.05) is 17.3 Å². The lowest BCUT2D eigenvalue weighted by Gasteiger charge is -2.16. The van der Waals surface area contributed by atoms with Gasteiger partial charge in [-0.05, 0) is 30.5 Å². The second-order valence-corrected chi connectivity index (χ2v) is 6.68. The summed E-state index contributed by atoms with van der Waals surface area (Å²) < 4.78 is 1.62. The van der Waals surface area contributed by atoms with Crippen molar-refractivity contribution in [3.8, 4) is 0 Å². The van der Waals surface area contributed by atoms with Crippen LogP contribution in [0.4, 0.5) is 0 Å². The Morgan fingerprint density at radius 3 is 3.08 bits per heavy atom. The number of hydrogen-bond donors (Lipinski definition) is 2. The van der Waals surface area contributed by atoms with Gasteiger partial charge in [0.15, 0.2) is 0 Å². The molecule has 0 radical (unpaired) electrons. The van der Waals surface area contributed by atoms with Gasteiger partial charge < -0.3 is 15.0 Å². The molecular formula is C18H21N5O2. The maximum Gasteiger partial charge on any atom is 0.223 e. The zero-order chi connectivity index (χ0) is 17.4. The summed E-state index contributed by atoms with van der Waals surface area (Å²) >= 11 is 0. The predicted octanol–water partition coefficient (Wildman–Crippen LogP) is 1.44. The number of amides is 1. The van der Waals surface area contributed by atoms with Crippen molar-refractivity contribution in [2.75, 3.05) is 13.1 Å². The van der Waals surface area contributed by atoms with Crippen LogP contribution in [0.5, 0.6) is 0 Å². The summed E-state index contributed by atoms with van der Waals surface area (Å²) in [4.78, 5) is 17.5. The zero-order valence-corrected chi connectivity index (χ0v) is 14.1. The molecule has 1 aliphatic rings. The highest BCUT2D eigenvalue weighted by atomic mass is 16.3. The number of nitrogens with one attached hydrogen (secondary N) is 1. The Morgan fingerprint density at radius 1 is 1.40 bits per heavy atom. The van der Waals surface area contributed by atoms with Crippen molar-refractivity contribution in [1.29, 1.82) is 0 Å². The molecule has 7 nitrogen and oxygen atoms in total. The summed E-state index contributed by atoms with van der Waals surface area (Å²) in [5.41, 5.74) is 3.46. The van der Waals surface area contributed by atoms with E-state index in [9.17, 15) is 9.90 Å². The minimum atomic E-state index is -0.610. The Kier molecular flexibility index (Phi) is 4.01. The fourth-order valence-electron chi connectivity index (χ4n) is 3.53. The van der Waals surface area contributed by atoms with Crippen molar-refractivity contribution in [1.82, 2.24) is 24.9 Å². The first kappa shape index (κ1) is 15.8. The van der Waals surface area contributed by atoms with Gasteiger partial charge in [-0.15, -0.1) is 5.10 Å². The van der Waals surface area contributed by atoms with Gasteiger partial charge >= 0.3 is 0 Å². The maximum absolute atomic E-state index is 12.6. The van der Waals surface area contributed by atoms with Gasteiger partial charge in [0, 0.05) is 42.8 Å². The van der Waals surface area contributed by atoms with Crippen molar-refractivity contribution in [3.05, 3.63) is 47.9 Å². The Hall–Kier alpha value is -2.67. The number of nitrogens with zero attached hydrogens (tertiary/aromatic N) is 4. The molecule has 0 unspecified atom stereocenters. The van der Waals surface area contributed by atoms with Crippen LogP contribution in [0.3, 0.4) is 0 Å². The van der Waals surface area contributed by atoms with Gasteiger partial charge in [0.2, 0.25) is 5.91 Å². The molecule has 2 aromatic heterocycles. The van der Waals surface area contributed by atoms with Gasteiger partial charge in [-0.25, -0.2) is 4.68 Å². The van der Waals surface area contributed by atoms with E-state index in [2.05, 4.69) is 40.4 Å². The molecule has 1 amide bonds. The van der Waals surface area contributed by atoms with Crippen molar-refractivity contribution in [2.24, 2.45) is 0 Å². The molecule has 1 aliphatic heterocycles. The quantitative estimate of drug-likeness (QED) is 0.753. The molecule has 1 saturated heterocycles. The van der Waals surface area contributed by atoms with Crippen LogP contribution in [0.2, 0.25) is 0 Å². The number of fused-ring (bicyclic) bond motifs is 1. The summed E-state index contributed by atoms with van der Waals surface area (Å²) in [6.07, 6.45) is 5.78. The lowest BCUT2D eigenvalue weighted by molar-refractivity contribution is -0.130. The van der Waals surface area contributed by atoms with Gasteiger partial charge in [-0.3, -0.25) is 4.79 Å². The summed E-state index contributed by atoms with van der Waals surface area (Å²) in [6, 6.07) is 6.07. The molecule has 3 aromatic rings. The third-order valence-corrected chi connectivity index (χ3v) is 4.92. The Labute approximate surface area is 145 Å². The highest BCUT2D eigenvalue weighted by Gasteiger charge is 2.35. The normalized spacial score (nSPS) is 20.5. The van der Waals surface area contributed by atoms with E-state index >= 15 is 0 Å². The molecule has 0 aliphatic carbocycles. The largest absolute Gasteiger partial charge is 0.389 e. The van der Waals surface area contributed by atoms with Crippen molar-refractivity contribution < 1.29 is 9.90 Å². The molecule has 2 atom stereocenters. The number of β-amino-alcohol motifs (C(OH)–C–C–N with tert-alkyl or cyclic N) is 1. The van der Waals surface area contributed by atoms with E-state index in [0.29, 0.717) is 25.9 Å². The van der Waals surface area contributed by atoms with Gasteiger partial charge in [0.1, 0.15) is 0 Å². The van der Waals surface area contributed by atoms with Crippen LogP contribution >= 0.6 is 0 Å². The second kappa shape index (κ2) is 6.33. The Morgan fingerprint density at radius 2 is 2.28 bits per heavy atom. The molecule has 1 fully saturated rings. The average Bonchev–Trinajstić information content (AvgIpc) is 3.31. The molecule has 0 bridgehead atoms. The predicted molar refractivity (Wildman–Crippen MR) is 93.0 cm³/mol. The number of likely N-dealkylation sites (tertiary alicyclic amines) is 1. The van der Waals surface area contributed by atoms with Gasteiger partial charge in [0.05, 0.1) is 18.3 Å². The number of aliphatic hydroxyl groups excluding tert-OH is 1. The summed E-state index contributed by atoms with van der Waals surface area (Å²) in [6.45, 7) is 2.88. The molecule has 7 heteroatoms. The minimum absolute atomic E-state index is 0.0585. The number of carbonyl (C=O) groups is 1. The minimum Gasteiger partial charge on any atom is -0.389 e. The number of hydrogen-bond acceptors (Lipinski definition) is 4. The summed E-state index contributed by atoms with van der Waals surface area (Å²) in [7, 11) is 0. The molecule has 0 saturated carbocycles. The molecule has 25 heavy (non-hydrogen) atoms. The number of H-pyrrole nitrogens is 1. The fraction of sp³-hybridized carbons (Fsp3) is 0.389. The van der Waals surface area contributed by atoms with Crippen LogP contribution in [-0.2, 0) is 11.2 Å². The van der Waals surface area contributed by atoms with Crippen LogP contribution < -0.4 is 0 Å². The number of benzene rings is 1. The summed E-state index contributed by atoms with van der Waals surface area (Å²) in [5, 5.41) is 19.1. The standard InChI is InChI=1S/C18H21N5O2/c1-12-2-4-14-13(9-19-15(14)8-12)3-5-18(25)22-10-16(17(24)11-22)23-7-6-20-21-23/h2,4,6-9,16-17,19,24H,3,5,10-11H2,1H3/t16-,17-/m1/s1. The maximum atomic E-state index is 12.6. The van der Waals surface area contributed by atoms with E-state index in [1.54, 1.807) is 22.0 Å². The van der Waals surface area contributed by atoms with Gasteiger partial charge in [-0.2, -0.15) is 0 Å². The number of carbonyl (C=O) groups excluding carboxylic acids is 1. The summed E-state index contributed by atoms with van der Waals surface area (Å²) in [5.74, 6) is 0.0585. The average molecular weight is 339 g/mol. The molecule has 130 valence electrons. The van der Waals surface area contributed by atoms with Crippen LogP contribution in [0.25, 0.3) is 10.9 Å². The third kappa shape index (κ3) is 3.02. The molecule has 4 rings (SSSR count). The van der Waals surface area contributed by atoms with Crippen LogP contribution in [0.15, 0.2) is 36.8 Å². The van der Waals surface area contributed by atoms with Crippen LogP contribution in [0.1, 0.15) is 23.6 Å². The van der Waals surface area contributed by atoms with E-state index in [4.69, 9.17) is 0 Å². The topological polar surface area (TPSA) is 87.0 Å². The monoisotopic (exact) mass is 339 g/mol. The van der Waals surface area contributed by atoms with E-state index in [1.165, 1.54) is 10.9 Å². The second-order valence-electron chi connectivity index (χ2n) is 6.68. The lowest BCUT2D eigenvalue weighted by Crippen LogP contribution is -2.29. The third-order valence-electron chi connectivity index (χ3n) is 4.92. The first-order valence-electron chi connectivity index (χ1n) is 8.50. The fourth-order valence-corrected chi connectivity index (χ4v) is 3.53. The van der Waals surface area contributed by atoms with Crippen molar-refractivity contribution in [3.63, 3.8) is 0 Å². The Bertz CT molecular complexity index is 886. The molecular weight excluding hydrogens is 318 g/mol. The number of rotatable bonds is 4. The highest BCUT2D eigenvalue weighted by Crippen LogP contribution is 2.24. The number of aryl methyl sites for hydroxylation is 2. The van der Waals surface area contributed by atoms with E-state index < -0.39 is 6.10 Å². The van der Waals surface area contributed by atoms with Crippen molar-refractivity contribution >= 4 is 16.8 Å². The Balaban J connectivity index is 1.40. The number of aromatic nitrogens is 4. The number of aromatic amines is 1. The van der Waals surface area contributed by atoms with Crippen LogP contribution in [-0.4, -0.2) is 55.1 Å². The van der Waals surface area contributed by atoms with Crippen molar-refractivity contribution in [2.45, 2.75) is 31.9 Å². The zero-order valence-electron chi connectivity index (χ0n) is 14.1. The van der Waals surface area contributed by atoms with Gasteiger partial charge in [0.25, 0.3) is 0 Å². The smallest absolute Gasteiger partial charge is 0.223 e. The molecule has 1 aromatic carbocycles. The van der Waals surface area contributed by atoms with E-state index in [-0.39, 0.29) is 11.9 Å².